The highest BCUT2D eigenvalue weighted by atomic mass is 16.5. The SMILES string of the molecule is COC(=O)N1CCN(c2ccc(C(=O)N3CCNCC3)cc2NC(=O)c2ccc(OC)c(OC)c2)CC1. The maximum atomic E-state index is 13.3. The average molecular weight is 512 g/mol. The van der Waals surface area contributed by atoms with Gasteiger partial charge >= 0.3 is 6.09 Å². The van der Waals surface area contributed by atoms with Gasteiger partial charge in [-0.2, -0.15) is 0 Å². The fourth-order valence-corrected chi connectivity index (χ4v) is 4.53. The molecule has 2 aromatic carbocycles. The molecular formula is C26H33N5O6. The number of anilines is 2. The van der Waals surface area contributed by atoms with E-state index in [-0.39, 0.29) is 17.9 Å². The summed E-state index contributed by atoms with van der Waals surface area (Å²) in [5, 5.41) is 6.24. The van der Waals surface area contributed by atoms with E-state index in [4.69, 9.17) is 14.2 Å². The van der Waals surface area contributed by atoms with Crippen LogP contribution in [-0.4, -0.2) is 101 Å². The van der Waals surface area contributed by atoms with Gasteiger partial charge in [0.05, 0.1) is 32.7 Å². The molecule has 11 nitrogen and oxygen atoms in total. The van der Waals surface area contributed by atoms with Crippen LogP contribution in [0.3, 0.4) is 0 Å². The van der Waals surface area contributed by atoms with Gasteiger partial charge in [0, 0.05) is 63.5 Å². The maximum Gasteiger partial charge on any atom is 0.409 e. The van der Waals surface area contributed by atoms with Crippen LogP contribution < -0.4 is 25.0 Å². The van der Waals surface area contributed by atoms with E-state index < -0.39 is 0 Å². The molecule has 2 saturated heterocycles. The summed E-state index contributed by atoms with van der Waals surface area (Å²) in [4.78, 5) is 43.9. The number of nitrogens with one attached hydrogen (secondary N) is 2. The van der Waals surface area contributed by atoms with Gasteiger partial charge in [-0.25, -0.2) is 4.79 Å². The molecule has 198 valence electrons. The van der Waals surface area contributed by atoms with Crippen LogP contribution in [0, 0.1) is 0 Å². The quantitative estimate of drug-likeness (QED) is 0.605. The van der Waals surface area contributed by atoms with Crippen molar-refractivity contribution in [1.29, 1.82) is 0 Å². The van der Waals surface area contributed by atoms with E-state index in [1.165, 1.54) is 21.3 Å². The van der Waals surface area contributed by atoms with E-state index in [9.17, 15) is 14.4 Å². The highest BCUT2D eigenvalue weighted by Crippen LogP contribution is 2.31. The van der Waals surface area contributed by atoms with Crippen LogP contribution in [0.25, 0.3) is 0 Å². The number of carbonyl (C=O) groups excluding carboxylic acids is 3. The van der Waals surface area contributed by atoms with E-state index in [0.29, 0.717) is 67.6 Å². The van der Waals surface area contributed by atoms with Gasteiger partial charge in [0.2, 0.25) is 0 Å². The molecule has 2 aromatic rings. The number of benzene rings is 2. The molecule has 0 saturated carbocycles. The normalized spacial score (nSPS) is 15.7. The third-order valence-electron chi connectivity index (χ3n) is 6.59. The van der Waals surface area contributed by atoms with Crippen molar-refractivity contribution >= 4 is 29.3 Å². The molecule has 3 amide bonds. The summed E-state index contributed by atoms with van der Waals surface area (Å²) in [5.41, 5.74) is 2.18. The molecule has 2 aliphatic heterocycles. The third-order valence-corrected chi connectivity index (χ3v) is 6.59. The van der Waals surface area contributed by atoms with Crippen molar-refractivity contribution in [3.8, 4) is 11.5 Å². The standard InChI is InChI=1S/C26H33N5O6/c1-35-22-7-5-18(17-23(22)36-2)24(32)28-20-16-19(25(33)30-10-8-27-9-11-30)4-6-21(20)29-12-14-31(15-13-29)26(34)37-3/h4-7,16-17,27H,8-15H2,1-3H3,(H,28,32). The second-order valence-electron chi connectivity index (χ2n) is 8.74. The molecule has 0 bridgehead atoms. The first-order valence-electron chi connectivity index (χ1n) is 12.2. The molecule has 2 heterocycles. The Morgan fingerprint density at radius 3 is 2.11 bits per heavy atom. The molecule has 2 aliphatic rings. The lowest BCUT2D eigenvalue weighted by atomic mass is 10.1. The first-order chi connectivity index (χ1) is 17.9. The monoisotopic (exact) mass is 511 g/mol. The summed E-state index contributed by atoms with van der Waals surface area (Å²) in [6.45, 7) is 4.83. The molecular weight excluding hydrogens is 478 g/mol. The molecule has 4 rings (SSSR count). The van der Waals surface area contributed by atoms with Gasteiger partial charge < -0.3 is 39.5 Å². The van der Waals surface area contributed by atoms with E-state index >= 15 is 0 Å². The van der Waals surface area contributed by atoms with Crippen LogP contribution in [0.4, 0.5) is 16.2 Å². The van der Waals surface area contributed by atoms with Crippen molar-refractivity contribution in [2.24, 2.45) is 0 Å². The van der Waals surface area contributed by atoms with Crippen molar-refractivity contribution in [3.63, 3.8) is 0 Å². The zero-order chi connectivity index (χ0) is 26.4. The Morgan fingerprint density at radius 1 is 0.784 bits per heavy atom. The Bertz CT molecular complexity index is 1140. The number of piperazine rings is 2. The number of amides is 3. The minimum Gasteiger partial charge on any atom is -0.493 e. The molecule has 11 heteroatoms. The van der Waals surface area contributed by atoms with Crippen LogP contribution in [0.2, 0.25) is 0 Å². The Labute approximate surface area is 216 Å². The Kier molecular flexibility index (Phi) is 8.34. The molecule has 0 atom stereocenters. The Balaban J connectivity index is 1.61. The lowest BCUT2D eigenvalue weighted by Crippen LogP contribution is -2.49. The summed E-state index contributed by atoms with van der Waals surface area (Å²) in [6.07, 6.45) is -0.362. The summed E-state index contributed by atoms with van der Waals surface area (Å²) in [6, 6.07) is 10.3. The summed E-state index contributed by atoms with van der Waals surface area (Å²) >= 11 is 0. The van der Waals surface area contributed by atoms with Crippen LogP contribution >= 0.6 is 0 Å². The van der Waals surface area contributed by atoms with Crippen LogP contribution in [0.5, 0.6) is 11.5 Å². The summed E-state index contributed by atoms with van der Waals surface area (Å²) < 4.78 is 15.5. The number of nitrogens with zero attached hydrogens (tertiary/aromatic N) is 3. The van der Waals surface area contributed by atoms with Gasteiger partial charge in [-0.05, 0) is 36.4 Å². The number of rotatable bonds is 6. The van der Waals surface area contributed by atoms with E-state index in [1.807, 2.05) is 6.07 Å². The fraction of sp³-hybridized carbons (Fsp3) is 0.423. The molecule has 0 aromatic heterocycles. The molecule has 0 spiro atoms. The average Bonchev–Trinajstić information content (AvgIpc) is 2.96. The topological polar surface area (TPSA) is 113 Å². The fourth-order valence-electron chi connectivity index (χ4n) is 4.53. The minimum absolute atomic E-state index is 0.0785. The number of hydrogen-bond donors (Lipinski definition) is 2. The van der Waals surface area contributed by atoms with Gasteiger partial charge in [-0.15, -0.1) is 0 Å². The van der Waals surface area contributed by atoms with E-state index in [0.717, 1.165) is 18.8 Å². The lowest BCUT2D eigenvalue weighted by molar-refractivity contribution is 0.0735. The summed E-state index contributed by atoms with van der Waals surface area (Å²) in [7, 11) is 4.41. The maximum absolute atomic E-state index is 13.3. The third kappa shape index (κ3) is 5.88. The van der Waals surface area contributed by atoms with Crippen molar-refractivity contribution in [1.82, 2.24) is 15.1 Å². The number of hydrogen-bond acceptors (Lipinski definition) is 8. The number of ether oxygens (including phenoxy) is 3. The van der Waals surface area contributed by atoms with Crippen LogP contribution in [-0.2, 0) is 4.74 Å². The van der Waals surface area contributed by atoms with Crippen molar-refractivity contribution < 1.29 is 28.6 Å². The smallest absolute Gasteiger partial charge is 0.409 e. The van der Waals surface area contributed by atoms with Crippen molar-refractivity contribution in [3.05, 3.63) is 47.5 Å². The molecule has 2 N–H and O–H groups in total. The molecule has 0 radical (unpaired) electrons. The van der Waals surface area contributed by atoms with Crippen LogP contribution in [0.1, 0.15) is 20.7 Å². The Morgan fingerprint density at radius 2 is 1.46 bits per heavy atom. The second kappa shape index (κ2) is 11.8. The van der Waals surface area contributed by atoms with E-state index in [2.05, 4.69) is 15.5 Å². The molecule has 0 aliphatic carbocycles. The highest BCUT2D eigenvalue weighted by Gasteiger charge is 2.25. The van der Waals surface area contributed by atoms with Gasteiger partial charge in [0.15, 0.2) is 11.5 Å². The Hall–Kier alpha value is -3.99. The van der Waals surface area contributed by atoms with Gasteiger partial charge in [-0.3, -0.25) is 9.59 Å². The summed E-state index contributed by atoms with van der Waals surface area (Å²) in [5.74, 6) is 0.538. The first-order valence-corrected chi connectivity index (χ1v) is 12.2. The van der Waals surface area contributed by atoms with Crippen molar-refractivity contribution in [2.75, 3.05) is 83.9 Å². The zero-order valence-electron chi connectivity index (χ0n) is 21.4. The largest absolute Gasteiger partial charge is 0.493 e. The second-order valence-corrected chi connectivity index (χ2v) is 8.74. The first kappa shape index (κ1) is 26.1. The predicted octanol–water partition coefficient (Wildman–Crippen LogP) is 1.89. The van der Waals surface area contributed by atoms with Crippen LogP contribution in [0.15, 0.2) is 36.4 Å². The molecule has 0 unspecified atom stereocenters. The van der Waals surface area contributed by atoms with E-state index in [1.54, 1.807) is 40.1 Å². The molecule has 2 fully saturated rings. The highest BCUT2D eigenvalue weighted by molar-refractivity contribution is 6.07. The van der Waals surface area contributed by atoms with Crippen molar-refractivity contribution in [2.45, 2.75) is 0 Å². The lowest BCUT2D eigenvalue weighted by Gasteiger charge is -2.36. The van der Waals surface area contributed by atoms with Gasteiger partial charge in [-0.1, -0.05) is 0 Å². The predicted molar refractivity (Wildman–Crippen MR) is 139 cm³/mol. The van der Waals surface area contributed by atoms with Gasteiger partial charge in [0.1, 0.15) is 0 Å². The zero-order valence-corrected chi connectivity index (χ0v) is 21.4. The minimum atomic E-state index is -0.362. The molecule has 37 heavy (non-hydrogen) atoms. The number of carbonyl (C=O) groups is 3. The van der Waals surface area contributed by atoms with Gasteiger partial charge in [0.25, 0.3) is 11.8 Å². The number of methoxy groups -OCH3 is 3.